The topological polar surface area (TPSA) is 42.0 Å². The number of aromatic nitrogens is 1. The van der Waals surface area contributed by atoms with Crippen molar-refractivity contribution in [3.8, 4) is 0 Å². The van der Waals surface area contributed by atoms with Crippen LogP contribution in [0.5, 0.6) is 0 Å². The van der Waals surface area contributed by atoms with Gasteiger partial charge >= 0.3 is 6.18 Å². The molecule has 0 spiro atoms. The third kappa shape index (κ3) is 4.16. The van der Waals surface area contributed by atoms with Gasteiger partial charge in [0.15, 0.2) is 5.82 Å². The number of anilines is 1. The van der Waals surface area contributed by atoms with E-state index in [0.717, 1.165) is 0 Å². The summed E-state index contributed by atoms with van der Waals surface area (Å²) in [4.78, 5) is 14.5. The van der Waals surface area contributed by atoms with Crippen molar-refractivity contribution in [3.63, 3.8) is 0 Å². The standard InChI is InChI=1S/C8H6ClF3N2O/c9-5-2-1-3-13-7(5)14-6(15)4-8(10,11)12/h1-3H,4H2,(H,13,14,15). The molecular formula is C8H6ClF3N2O. The van der Waals surface area contributed by atoms with Crippen LogP contribution in [0.25, 0.3) is 0 Å². The molecule has 0 bridgehead atoms. The normalized spacial score (nSPS) is 11.2. The number of amides is 1. The van der Waals surface area contributed by atoms with E-state index in [0.29, 0.717) is 0 Å². The van der Waals surface area contributed by atoms with Gasteiger partial charge in [-0.05, 0) is 12.1 Å². The minimum atomic E-state index is -4.54. The lowest BCUT2D eigenvalue weighted by Gasteiger charge is -2.07. The van der Waals surface area contributed by atoms with Crippen LogP contribution in [0.2, 0.25) is 5.02 Å². The van der Waals surface area contributed by atoms with Gasteiger partial charge in [0.25, 0.3) is 0 Å². The second-order valence-electron chi connectivity index (χ2n) is 2.67. The molecule has 0 saturated carbocycles. The van der Waals surface area contributed by atoms with E-state index in [1.807, 2.05) is 5.32 Å². The van der Waals surface area contributed by atoms with Crippen molar-refractivity contribution in [2.24, 2.45) is 0 Å². The average molecular weight is 239 g/mol. The van der Waals surface area contributed by atoms with Crippen LogP contribution in [-0.4, -0.2) is 17.1 Å². The Labute approximate surface area is 88.3 Å². The Morgan fingerprint density at radius 1 is 1.53 bits per heavy atom. The lowest BCUT2D eigenvalue weighted by Crippen LogP contribution is -2.21. The second-order valence-corrected chi connectivity index (χ2v) is 3.08. The van der Waals surface area contributed by atoms with Crippen molar-refractivity contribution >= 4 is 23.3 Å². The molecule has 0 aliphatic heterocycles. The third-order valence-electron chi connectivity index (χ3n) is 1.38. The zero-order valence-electron chi connectivity index (χ0n) is 7.31. The first kappa shape index (κ1) is 11.8. The molecule has 0 aliphatic carbocycles. The molecule has 1 N–H and O–H groups in total. The van der Waals surface area contributed by atoms with Crippen LogP contribution >= 0.6 is 11.6 Å². The van der Waals surface area contributed by atoms with E-state index < -0.39 is 18.5 Å². The summed E-state index contributed by atoms with van der Waals surface area (Å²) >= 11 is 5.58. The third-order valence-corrected chi connectivity index (χ3v) is 1.68. The first-order chi connectivity index (χ1) is 6.88. The molecule has 82 valence electrons. The number of rotatable bonds is 2. The van der Waals surface area contributed by atoms with E-state index in [1.54, 1.807) is 0 Å². The molecule has 0 atom stereocenters. The molecule has 1 amide bonds. The number of nitrogens with zero attached hydrogens (tertiary/aromatic N) is 1. The van der Waals surface area contributed by atoms with Gasteiger partial charge < -0.3 is 5.32 Å². The van der Waals surface area contributed by atoms with Crippen molar-refractivity contribution < 1.29 is 18.0 Å². The summed E-state index contributed by atoms with van der Waals surface area (Å²) in [6.45, 7) is 0. The van der Waals surface area contributed by atoms with E-state index in [9.17, 15) is 18.0 Å². The molecule has 0 fully saturated rings. The van der Waals surface area contributed by atoms with Gasteiger partial charge in [0.2, 0.25) is 5.91 Å². The number of halogens is 4. The Balaban J connectivity index is 2.64. The van der Waals surface area contributed by atoms with Crippen LogP contribution in [0.4, 0.5) is 19.0 Å². The first-order valence-electron chi connectivity index (χ1n) is 3.85. The second kappa shape index (κ2) is 4.48. The van der Waals surface area contributed by atoms with Crippen LogP contribution in [0.15, 0.2) is 18.3 Å². The number of alkyl halides is 3. The Morgan fingerprint density at radius 3 is 2.73 bits per heavy atom. The Morgan fingerprint density at radius 2 is 2.20 bits per heavy atom. The summed E-state index contributed by atoms with van der Waals surface area (Å²) in [6.07, 6.45) is -4.78. The maximum Gasteiger partial charge on any atom is 0.397 e. The van der Waals surface area contributed by atoms with E-state index in [1.165, 1.54) is 18.3 Å². The van der Waals surface area contributed by atoms with E-state index >= 15 is 0 Å². The minimum Gasteiger partial charge on any atom is -0.309 e. The number of hydrogen-bond acceptors (Lipinski definition) is 2. The highest BCUT2D eigenvalue weighted by Gasteiger charge is 2.31. The number of nitrogens with one attached hydrogen (secondary N) is 1. The highest BCUT2D eigenvalue weighted by atomic mass is 35.5. The monoisotopic (exact) mass is 238 g/mol. The molecule has 0 aromatic carbocycles. The lowest BCUT2D eigenvalue weighted by atomic mass is 10.4. The average Bonchev–Trinajstić information content (AvgIpc) is 2.05. The molecule has 1 rings (SSSR count). The summed E-state index contributed by atoms with van der Waals surface area (Å²) in [5.74, 6) is -1.27. The van der Waals surface area contributed by atoms with Gasteiger partial charge in [0.05, 0.1) is 5.02 Å². The number of hydrogen-bond donors (Lipinski definition) is 1. The molecule has 15 heavy (non-hydrogen) atoms. The van der Waals surface area contributed by atoms with Crippen molar-refractivity contribution in [1.82, 2.24) is 4.98 Å². The van der Waals surface area contributed by atoms with Crippen molar-refractivity contribution in [1.29, 1.82) is 0 Å². The van der Waals surface area contributed by atoms with Gasteiger partial charge in [-0.3, -0.25) is 4.79 Å². The van der Waals surface area contributed by atoms with Crippen molar-refractivity contribution in [3.05, 3.63) is 23.4 Å². The zero-order chi connectivity index (χ0) is 11.5. The molecule has 1 aromatic rings. The number of pyridine rings is 1. The van der Waals surface area contributed by atoms with E-state index in [4.69, 9.17) is 11.6 Å². The highest BCUT2D eigenvalue weighted by molar-refractivity contribution is 6.33. The van der Waals surface area contributed by atoms with Crippen molar-refractivity contribution in [2.75, 3.05) is 5.32 Å². The van der Waals surface area contributed by atoms with Gasteiger partial charge in [-0.1, -0.05) is 11.6 Å². The fraction of sp³-hybridized carbons (Fsp3) is 0.250. The number of carbonyl (C=O) groups excluding carboxylic acids is 1. The van der Waals surface area contributed by atoms with Crippen LogP contribution in [0.1, 0.15) is 6.42 Å². The van der Waals surface area contributed by atoms with Crippen LogP contribution in [-0.2, 0) is 4.79 Å². The first-order valence-corrected chi connectivity index (χ1v) is 4.23. The Hall–Kier alpha value is -1.30. The number of carbonyl (C=O) groups is 1. The molecule has 0 saturated heterocycles. The minimum absolute atomic E-state index is 0.0755. The smallest absolute Gasteiger partial charge is 0.309 e. The summed E-state index contributed by atoms with van der Waals surface area (Å²) in [6, 6.07) is 2.92. The summed E-state index contributed by atoms with van der Waals surface area (Å²) in [5.41, 5.74) is 0. The molecule has 1 aromatic heterocycles. The summed E-state index contributed by atoms with van der Waals surface area (Å²) < 4.78 is 35.4. The lowest BCUT2D eigenvalue weighted by molar-refractivity contribution is -0.150. The molecule has 1 heterocycles. The molecule has 0 radical (unpaired) electrons. The van der Waals surface area contributed by atoms with Crippen LogP contribution < -0.4 is 5.32 Å². The van der Waals surface area contributed by atoms with Gasteiger partial charge in [0.1, 0.15) is 6.42 Å². The largest absolute Gasteiger partial charge is 0.397 e. The van der Waals surface area contributed by atoms with E-state index in [2.05, 4.69) is 4.98 Å². The summed E-state index contributed by atoms with van der Waals surface area (Å²) in [5, 5.41) is 2.06. The van der Waals surface area contributed by atoms with Gasteiger partial charge in [-0.25, -0.2) is 4.98 Å². The predicted octanol–water partition coefficient (Wildman–Crippen LogP) is 2.63. The predicted molar refractivity (Wildman–Crippen MR) is 48.5 cm³/mol. The summed E-state index contributed by atoms with van der Waals surface area (Å²) in [7, 11) is 0. The quantitative estimate of drug-likeness (QED) is 0.861. The molecule has 0 aliphatic rings. The van der Waals surface area contributed by atoms with E-state index in [-0.39, 0.29) is 10.8 Å². The molecule has 0 unspecified atom stereocenters. The maximum absolute atomic E-state index is 11.8. The van der Waals surface area contributed by atoms with Crippen LogP contribution in [0.3, 0.4) is 0 Å². The highest BCUT2D eigenvalue weighted by Crippen LogP contribution is 2.22. The fourth-order valence-electron chi connectivity index (χ4n) is 0.836. The molecular weight excluding hydrogens is 233 g/mol. The maximum atomic E-state index is 11.8. The zero-order valence-corrected chi connectivity index (χ0v) is 8.06. The molecule has 7 heteroatoms. The van der Waals surface area contributed by atoms with Gasteiger partial charge in [-0.2, -0.15) is 13.2 Å². The van der Waals surface area contributed by atoms with Crippen LogP contribution in [0, 0.1) is 0 Å². The van der Waals surface area contributed by atoms with Crippen molar-refractivity contribution in [2.45, 2.75) is 12.6 Å². The Bertz CT molecular complexity index is 367. The Kier molecular flexibility index (Phi) is 3.52. The van der Waals surface area contributed by atoms with Gasteiger partial charge in [-0.15, -0.1) is 0 Å². The fourth-order valence-corrected chi connectivity index (χ4v) is 1.00. The SMILES string of the molecule is O=C(CC(F)(F)F)Nc1ncccc1Cl. The molecule has 3 nitrogen and oxygen atoms in total. The van der Waals surface area contributed by atoms with Gasteiger partial charge in [0, 0.05) is 6.20 Å².